The van der Waals surface area contributed by atoms with E-state index < -0.39 is 11.9 Å². The molecule has 2 aromatic heterocycles. The Labute approximate surface area is 161 Å². The second kappa shape index (κ2) is 9.31. The van der Waals surface area contributed by atoms with E-state index >= 15 is 0 Å². The normalized spacial score (nSPS) is 10.6. The van der Waals surface area contributed by atoms with Gasteiger partial charge in [-0.2, -0.15) is 0 Å². The molecule has 0 spiro atoms. The van der Waals surface area contributed by atoms with Gasteiger partial charge in [-0.15, -0.1) is 0 Å². The molecule has 0 fully saturated rings. The fraction of sp³-hybridized carbons (Fsp3) is 0.200. The van der Waals surface area contributed by atoms with Crippen molar-refractivity contribution < 1.29 is 24.6 Å². The molecule has 8 heteroatoms. The van der Waals surface area contributed by atoms with Crippen LogP contribution in [0, 0.1) is 6.92 Å². The SMILES string of the molecule is Cc1ncc(CCC(=O)c2cn(C)c3ccccc23)[nH]1.O=C(O)/C=C\C(=O)O. The topological polar surface area (TPSA) is 125 Å². The molecule has 3 rings (SSSR count). The van der Waals surface area contributed by atoms with Crippen LogP contribution in [-0.4, -0.2) is 42.5 Å². The minimum Gasteiger partial charge on any atom is -0.478 e. The molecular formula is C20H21N3O5. The Kier molecular flexibility index (Phi) is 6.86. The molecule has 146 valence electrons. The van der Waals surface area contributed by atoms with Crippen LogP contribution < -0.4 is 0 Å². The lowest BCUT2D eigenvalue weighted by atomic mass is 10.0. The number of rotatable bonds is 6. The number of hydrogen-bond donors (Lipinski definition) is 3. The van der Waals surface area contributed by atoms with Crippen molar-refractivity contribution in [3.05, 3.63) is 65.9 Å². The largest absolute Gasteiger partial charge is 0.478 e. The van der Waals surface area contributed by atoms with Gasteiger partial charge in [0.1, 0.15) is 5.82 Å². The Morgan fingerprint density at radius 2 is 1.79 bits per heavy atom. The number of carbonyl (C=O) groups excluding carboxylic acids is 1. The van der Waals surface area contributed by atoms with Crippen LogP contribution in [0.4, 0.5) is 0 Å². The standard InChI is InChI=1S/C16H17N3O.C4H4O4/c1-11-17-9-12(18-11)7-8-16(20)14-10-19(2)15-6-4-3-5-13(14)15;5-3(6)1-2-4(7)8/h3-6,9-10H,7-8H2,1-2H3,(H,17,18);1-2H,(H,5,6)(H,7,8)/b;2-1-. The lowest BCUT2D eigenvalue weighted by molar-refractivity contribution is -0.134. The Morgan fingerprint density at radius 3 is 2.36 bits per heavy atom. The van der Waals surface area contributed by atoms with Crippen LogP contribution in [0.2, 0.25) is 0 Å². The first kappa shape index (κ1) is 20.6. The van der Waals surface area contributed by atoms with Crippen molar-refractivity contribution in [3.8, 4) is 0 Å². The third-order valence-electron chi connectivity index (χ3n) is 3.94. The van der Waals surface area contributed by atoms with Gasteiger partial charge in [-0.05, 0) is 19.4 Å². The number of aromatic nitrogens is 3. The number of carboxylic acids is 2. The minimum atomic E-state index is -1.26. The Bertz CT molecular complexity index is 1010. The van der Waals surface area contributed by atoms with E-state index in [1.165, 1.54) is 0 Å². The van der Waals surface area contributed by atoms with Gasteiger partial charge >= 0.3 is 11.9 Å². The number of ketones is 1. The number of hydrogen-bond acceptors (Lipinski definition) is 4. The zero-order valence-electron chi connectivity index (χ0n) is 15.5. The maximum absolute atomic E-state index is 12.4. The summed E-state index contributed by atoms with van der Waals surface area (Å²) < 4.78 is 2.00. The van der Waals surface area contributed by atoms with Crippen molar-refractivity contribution in [3.63, 3.8) is 0 Å². The Hall–Kier alpha value is -3.68. The van der Waals surface area contributed by atoms with E-state index in [1.807, 2.05) is 49.0 Å². The predicted octanol–water partition coefficient (Wildman–Crippen LogP) is 2.74. The van der Waals surface area contributed by atoms with E-state index in [9.17, 15) is 14.4 Å². The average Bonchev–Trinajstić information content (AvgIpc) is 3.22. The molecule has 0 amide bonds. The minimum absolute atomic E-state index is 0.175. The first-order valence-electron chi connectivity index (χ1n) is 8.49. The number of aromatic amines is 1. The van der Waals surface area contributed by atoms with Gasteiger partial charge < -0.3 is 19.8 Å². The van der Waals surface area contributed by atoms with Crippen LogP contribution >= 0.6 is 0 Å². The molecule has 2 heterocycles. The number of benzene rings is 1. The van der Waals surface area contributed by atoms with Crippen LogP contribution in [-0.2, 0) is 23.1 Å². The van der Waals surface area contributed by atoms with Gasteiger partial charge in [-0.1, -0.05) is 18.2 Å². The maximum atomic E-state index is 12.4. The zero-order valence-corrected chi connectivity index (χ0v) is 15.5. The predicted molar refractivity (Wildman–Crippen MR) is 103 cm³/mol. The summed E-state index contributed by atoms with van der Waals surface area (Å²) in [6.07, 6.45) is 6.03. The van der Waals surface area contributed by atoms with E-state index in [4.69, 9.17) is 10.2 Å². The van der Waals surface area contributed by atoms with Crippen molar-refractivity contribution in [2.75, 3.05) is 0 Å². The molecule has 0 radical (unpaired) electrons. The summed E-state index contributed by atoms with van der Waals surface area (Å²) in [4.78, 5) is 38.8. The van der Waals surface area contributed by atoms with Gasteiger partial charge in [0.05, 0.1) is 0 Å². The molecule has 8 nitrogen and oxygen atoms in total. The number of fused-ring (bicyclic) bond motifs is 1. The van der Waals surface area contributed by atoms with Crippen LogP contribution in [0.25, 0.3) is 10.9 Å². The van der Waals surface area contributed by atoms with Gasteiger partial charge in [0.25, 0.3) is 0 Å². The van der Waals surface area contributed by atoms with Crippen molar-refractivity contribution in [2.45, 2.75) is 19.8 Å². The van der Waals surface area contributed by atoms with Crippen molar-refractivity contribution in [2.24, 2.45) is 7.05 Å². The van der Waals surface area contributed by atoms with E-state index in [2.05, 4.69) is 9.97 Å². The van der Waals surface area contributed by atoms with E-state index in [0.717, 1.165) is 28.0 Å². The number of para-hydroxylation sites is 1. The van der Waals surface area contributed by atoms with Crippen molar-refractivity contribution >= 4 is 28.6 Å². The van der Waals surface area contributed by atoms with E-state index in [1.54, 1.807) is 6.20 Å². The lowest BCUT2D eigenvalue weighted by Gasteiger charge is -1.98. The van der Waals surface area contributed by atoms with E-state index in [0.29, 0.717) is 25.0 Å². The number of carboxylic acid groups (broad SMARTS) is 2. The number of nitrogens with one attached hydrogen (secondary N) is 1. The first-order chi connectivity index (χ1) is 13.3. The Morgan fingerprint density at radius 1 is 1.14 bits per heavy atom. The van der Waals surface area contributed by atoms with Crippen LogP contribution in [0.3, 0.4) is 0 Å². The molecule has 0 aliphatic carbocycles. The number of nitrogens with zero attached hydrogens (tertiary/aromatic N) is 2. The monoisotopic (exact) mass is 383 g/mol. The molecule has 28 heavy (non-hydrogen) atoms. The highest BCUT2D eigenvalue weighted by molar-refractivity contribution is 6.08. The molecule has 0 bridgehead atoms. The van der Waals surface area contributed by atoms with Crippen molar-refractivity contribution in [1.82, 2.24) is 14.5 Å². The number of imidazole rings is 1. The van der Waals surface area contributed by atoms with Gasteiger partial charge in [-0.3, -0.25) is 4.79 Å². The molecule has 0 atom stereocenters. The second-order valence-corrected chi connectivity index (χ2v) is 6.10. The summed E-state index contributed by atoms with van der Waals surface area (Å²) in [5.41, 5.74) is 2.91. The molecule has 0 unspecified atom stereocenters. The van der Waals surface area contributed by atoms with Crippen LogP contribution in [0.15, 0.2) is 48.8 Å². The van der Waals surface area contributed by atoms with Crippen LogP contribution in [0.1, 0.15) is 28.3 Å². The summed E-state index contributed by atoms with van der Waals surface area (Å²) in [5, 5.41) is 16.7. The fourth-order valence-corrected chi connectivity index (χ4v) is 2.69. The maximum Gasteiger partial charge on any atom is 0.328 e. The molecule has 3 aromatic rings. The van der Waals surface area contributed by atoms with Crippen molar-refractivity contribution in [1.29, 1.82) is 0 Å². The van der Waals surface area contributed by atoms with Crippen LogP contribution in [0.5, 0.6) is 0 Å². The van der Waals surface area contributed by atoms with Gasteiger partial charge in [0.2, 0.25) is 0 Å². The third kappa shape index (κ3) is 5.66. The highest BCUT2D eigenvalue weighted by Crippen LogP contribution is 2.22. The number of H-pyrrole nitrogens is 1. The summed E-state index contributed by atoms with van der Waals surface area (Å²) in [6, 6.07) is 7.99. The molecule has 0 aliphatic heterocycles. The molecule has 0 aliphatic rings. The molecule has 0 saturated heterocycles. The molecule has 1 aromatic carbocycles. The number of aryl methyl sites for hydroxylation is 3. The quantitative estimate of drug-likeness (QED) is 0.444. The van der Waals surface area contributed by atoms with Gasteiger partial charge in [0.15, 0.2) is 5.78 Å². The summed E-state index contributed by atoms with van der Waals surface area (Å²) in [7, 11) is 1.97. The zero-order chi connectivity index (χ0) is 20.7. The number of carbonyl (C=O) groups is 3. The molecule has 0 saturated carbocycles. The average molecular weight is 383 g/mol. The second-order valence-electron chi connectivity index (χ2n) is 6.10. The molecule has 3 N–H and O–H groups in total. The van der Waals surface area contributed by atoms with E-state index in [-0.39, 0.29) is 5.78 Å². The smallest absolute Gasteiger partial charge is 0.328 e. The van der Waals surface area contributed by atoms with Gasteiger partial charge in [-0.25, -0.2) is 14.6 Å². The lowest BCUT2D eigenvalue weighted by Crippen LogP contribution is -2.01. The number of Topliss-reactive ketones (excluding diaryl/α,β-unsaturated/α-hetero) is 1. The highest BCUT2D eigenvalue weighted by atomic mass is 16.4. The summed E-state index contributed by atoms with van der Waals surface area (Å²) in [5.74, 6) is -1.45. The highest BCUT2D eigenvalue weighted by Gasteiger charge is 2.13. The summed E-state index contributed by atoms with van der Waals surface area (Å²) in [6.45, 7) is 1.91. The van der Waals surface area contributed by atoms with Gasteiger partial charge in [0, 0.05) is 60.2 Å². The summed E-state index contributed by atoms with van der Waals surface area (Å²) >= 11 is 0. The first-order valence-corrected chi connectivity index (χ1v) is 8.49. The Balaban J connectivity index is 0.000000300. The fourth-order valence-electron chi connectivity index (χ4n) is 2.69. The molecular weight excluding hydrogens is 362 g/mol. The third-order valence-corrected chi connectivity index (χ3v) is 3.94. The number of aliphatic carboxylic acids is 2.